The molecule has 2 aromatic rings. The Labute approximate surface area is 160 Å². The van der Waals surface area contributed by atoms with E-state index < -0.39 is 23.8 Å². The van der Waals surface area contributed by atoms with Gasteiger partial charge in [0.1, 0.15) is 5.70 Å². The lowest BCUT2D eigenvalue weighted by molar-refractivity contribution is -0.308. The number of benzene rings is 1. The highest BCUT2D eigenvalue weighted by Crippen LogP contribution is 2.08. The van der Waals surface area contributed by atoms with Crippen LogP contribution in [0, 0.1) is 0 Å². The van der Waals surface area contributed by atoms with Crippen molar-refractivity contribution in [2.75, 3.05) is 12.0 Å². The van der Waals surface area contributed by atoms with E-state index >= 15 is 0 Å². The van der Waals surface area contributed by atoms with Crippen molar-refractivity contribution in [3.05, 3.63) is 65.7 Å². The predicted octanol–water partition coefficient (Wildman–Crippen LogP) is 1.04. The molecule has 0 aliphatic rings. The lowest BCUT2D eigenvalue weighted by Crippen LogP contribution is -2.50. The maximum absolute atomic E-state index is 12.6. The Kier molecular flexibility index (Phi) is 7.69. The molecule has 1 aromatic carbocycles. The summed E-state index contributed by atoms with van der Waals surface area (Å²) in [4.78, 5) is 36.1. The highest BCUT2D eigenvalue weighted by molar-refractivity contribution is 7.98. The number of rotatable bonds is 9. The Balaban J connectivity index is 2.22. The first-order chi connectivity index (χ1) is 13.0. The van der Waals surface area contributed by atoms with Crippen LogP contribution in [0.3, 0.4) is 0 Å². The van der Waals surface area contributed by atoms with Crippen LogP contribution in [0.2, 0.25) is 0 Å². The van der Waals surface area contributed by atoms with E-state index in [4.69, 9.17) is 4.42 Å². The number of amides is 2. The molecule has 1 heterocycles. The summed E-state index contributed by atoms with van der Waals surface area (Å²) in [6, 6.07) is 10.7. The highest BCUT2D eigenvalue weighted by Gasteiger charge is 2.20. The van der Waals surface area contributed by atoms with Crippen molar-refractivity contribution in [1.82, 2.24) is 10.6 Å². The summed E-state index contributed by atoms with van der Waals surface area (Å²) in [5.41, 5.74) is 0.564. The lowest BCUT2D eigenvalue weighted by Gasteiger charge is -2.20. The van der Waals surface area contributed by atoms with Crippen LogP contribution in [0.15, 0.2) is 58.8 Å². The Hall–Kier alpha value is -3.00. The van der Waals surface area contributed by atoms with E-state index in [-0.39, 0.29) is 17.9 Å². The summed E-state index contributed by atoms with van der Waals surface area (Å²) in [6.07, 6.45) is 4.83. The van der Waals surface area contributed by atoms with Crippen molar-refractivity contribution in [2.45, 2.75) is 12.5 Å². The molecule has 27 heavy (non-hydrogen) atoms. The largest absolute Gasteiger partial charge is 0.548 e. The van der Waals surface area contributed by atoms with E-state index in [1.165, 1.54) is 30.2 Å². The fourth-order valence-corrected chi connectivity index (χ4v) is 2.66. The molecule has 1 aromatic heterocycles. The number of hydrogen-bond donors (Lipinski definition) is 2. The van der Waals surface area contributed by atoms with Crippen molar-refractivity contribution in [3.8, 4) is 0 Å². The number of hydrogen-bond acceptors (Lipinski definition) is 6. The third kappa shape index (κ3) is 6.34. The smallest absolute Gasteiger partial charge is 0.291 e. The third-order valence-electron chi connectivity index (χ3n) is 3.55. The third-order valence-corrected chi connectivity index (χ3v) is 4.19. The molecule has 2 rings (SSSR count). The van der Waals surface area contributed by atoms with Crippen molar-refractivity contribution in [1.29, 1.82) is 0 Å². The fraction of sp³-hybridized carbons (Fsp3) is 0.211. The van der Waals surface area contributed by atoms with Crippen molar-refractivity contribution < 1.29 is 23.9 Å². The molecule has 8 heteroatoms. The van der Waals surface area contributed by atoms with Crippen LogP contribution in [0.5, 0.6) is 0 Å². The van der Waals surface area contributed by atoms with Gasteiger partial charge in [0.2, 0.25) is 0 Å². The number of thioether (sulfide) groups is 1. The van der Waals surface area contributed by atoms with E-state index in [1.807, 2.05) is 12.3 Å². The van der Waals surface area contributed by atoms with Crippen molar-refractivity contribution >= 4 is 35.6 Å². The molecule has 0 bridgehead atoms. The molecule has 0 spiro atoms. The first-order valence-electron chi connectivity index (χ1n) is 8.13. The highest BCUT2D eigenvalue weighted by atomic mass is 32.2. The van der Waals surface area contributed by atoms with E-state index in [9.17, 15) is 19.5 Å². The predicted molar refractivity (Wildman–Crippen MR) is 101 cm³/mol. The average molecular weight is 387 g/mol. The summed E-state index contributed by atoms with van der Waals surface area (Å²) in [5, 5.41) is 16.1. The van der Waals surface area contributed by atoms with Crippen LogP contribution >= 0.6 is 11.8 Å². The van der Waals surface area contributed by atoms with E-state index in [1.54, 1.807) is 30.3 Å². The van der Waals surface area contributed by atoms with E-state index in [0.717, 1.165) is 0 Å². The Morgan fingerprint density at radius 2 is 1.93 bits per heavy atom. The molecule has 0 unspecified atom stereocenters. The molecule has 0 aliphatic heterocycles. The summed E-state index contributed by atoms with van der Waals surface area (Å²) in [7, 11) is 0. The number of carbonyl (C=O) groups is 3. The van der Waals surface area contributed by atoms with Crippen LogP contribution in [-0.4, -0.2) is 35.8 Å². The van der Waals surface area contributed by atoms with Gasteiger partial charge in [-0.15, -0.1) is 0 Å². The average Bonchev–Trinajstić information content (AvgIpc) is 3.20. The summed E-state index contributed by atoms with van der Waals surface area (Å²) < 4.78 is 5.02. The zero-order valence-electron chi connectivity index (χ0n) is 14.6. The van der Waals surface area contributed by atoms with Gasteiger partial charge in [-0.25, -0.2) is 0 Å². The Bertz CT molecular complexity index is 803. The van der Waals surface area contributed by atoms with Crippen LogP contribution < -0.4 is 15.7 Å². The molecule has 2 amide bonds. The number of carboxylic acid groups (broad SMARTS) is 1. The van der Waals surface area contributed by atoms with Crippen molar-refractivity contribution in [2.24, 2.45) is 0 Å². The van der Waals surface area contributed by atoms with Crippen LogP contribution in [0.1, 0.15) is 22.5 Å². The topological polar surface area (TPSA) is 111 Å². The van der Waals surface area contributed by atoms with Gasteiger partial charge in [0, 0.05) is 0 Å². The first kappa shape index (κ1) is 20.3. The molecule has 142 valence electrons. The van der Waals surface area contributed by atoms with Crippen LogP contribution in [-0.2, 0) is 9.59 Å². The normalized spacial score (nSPS) is 12.3. The Morgan fingerprint density at radius 1 is 1.19 bits per heavy atom. The van der Waals surface area contributed by atoms with Gasteiger partial charge in [-0.3, -0.25) is 9.59 Å². The number of aliphatic carboxylic acids is 1. The quantitative estimate of drug-likeness (QED) is 0.622. The summed E-state index contributed by atoms with van der Waals surface area (Å²) in [6.45, 7) is 0. The van der Waals surface area contributed by atoms with Gasteiger partial charge in [0.05, 0.1) is 18.3 Å². The van der Waals surface area contributed by atoms with Gasteiger partial charge in [-0.1, -0.05) is 30.3 Å². The molecular weight excluding hydrogens is 368 g/mol. The van der Waals surface area contributed by atoms with Crippen LogP contribution in [0.25, 0.3) is 6.08 Å². The molecule has 0 saturated heterocycles. The SMILES string of the molecule is CSCC[C@@H](NC(=O)/C(=C/c1ccccc1)NC(=O)c1ccco1)C(=O)[O-]. The molecule has 1 atom stereocenters. The second-order valence-electron chi connectivity index (χ2n) is 5.53. The first-order valence-corrected chi connectivity index (χ1v) is 9.53. The minimum Gasteiger partial charge on any atom is -0.548 e. The van der Waals surface area contributed by atoms with Gasteiger partial charge in [-0.05, 0) is 42.2 Å². The van der Waals surface area contributed by atoms with Gasteiger partial charge in [-0.2, -0.15) is 11.8 Å². The molecule has 0 aliphatic carbocycles. The molecule has 0 fully saturated rings. The van der Waals surface area contributed by atoms with E-state index in [2.05, 4.69) is 10.6 Å². The Morgan fingerprint density at radius 3 is 2.52 bits per heavy atom. The molecule has 0 radical (unpaired) electrons. The number of furan rings is 1. The number of carboxylic acids is 1. The fourth-order valence-electron chi connectivity index (χ4n) is 2.19. The second-order valence-corrected chi connectivity index (χ2v) is 6.51. The maximum Gasteiger partial charge on any atom is 0.291 e. The van der Waals surface area contributed by atoms with Gasteiger partial charge in [0.15, 0.2) is 5.76 Å². The molecule has 2 N–H and O–H groups in total. The zero-order chi connectivity index (χ0) is 19.6. The molecular formula is C19H19N2O5S-. The second kappa shape index (κ2) is 10.2. The van der Waals surface area contributed by atoms with Gasteiger partial charge in [0.25, 0.3) is 11.8 Å². The minimum absolute atomic E-state index is 0.0283. The lowest BCUT2D eigenvalue weighted by atomic mass is 10.1. The summed E-state index contributed by atoms with van der Waals surface area (Å²) in [5.74, 6) is -2.16. The van der Waals surface area contributed by atoms with Gasteiger partial charge >= 0.3 is 0 Å². The summed E-state index contributed by atoms with van der Waals surface area (Å²) >= 11 is 1.46. The van der Waals surface area contributed by atoms with Crippen molar-refractivity contribution in [3.63, 3.8) is 0 Å². The van der Waals surface area contributed by atoms with E-state index in [0.29, 0.717) is 11.3 Å². The zero-order valence-corrected chi connectivity index (χ0v) is 15.5. The molecule has 0 saturated carbocycles. The van der Waals surface area contributed by atoms with Crippen LogP contribution in [0.4, 0.5) is 0 Å². The standard InChI is InChI=1S/C19H20N2O5S/c1-27-11-9-14(19(24)25)20-17(22)15(12-13-6-3-2-4-7-13)21-18(23)16-8-5-10-26-16/h2-8,10,12,14H,9,11H2,1H3,(H,20,22)(H,21,23)(H,24,25)/p-1/b15-12-/t14-/m1/s1. The van der Waals surface area contributed by atoms with Gasteiger partial charge < -0.3 is 25.0 Å². The maximum atomic E-state index is 12.6. The molecule has 7 nitrogen and oxygen atoms in total. The minimum atomic E-state index is -1.38. The monoisotopic (exact) mass is 387 g/mol. The number of carbonyl (C=O) groups excluding carboxylic acids is 3. The number of nitrogens with one attached hydrogen (secondary N) is 2.